The van der Waals surface area contributed by atoms with Gasteiger partial charge in [-0.1, -0.05) is 158 Å². The molecule has 0 atom stereocenters. The minimum Gasteiger partial charge on any atom is -0.456 e. The monoisotopic (exact) mass is 646 g/mol. The van der Waals surface area contributed by atoms with E-state index in [1.807, 2.05) is 6.07 Å². The van der Waals surface area contributed by atoms with Crippen LogP contribution in [0, 0.1) is 0 Å². The molecule has 1 heteroatoms. The second kappa shape index (κ2) is 10.9. The van der Waals surface area contributed by atoms with Gasteiger partial charge in [0.25, 0.3) is 0 Å². The van der Waals surface area contributed by atoms with E-state index in [2.05, 4.69) is 176 Å². The molecule has 0 spiro atoms. The van der Waals surface area contributed by atoms with Gasteiger partial charge in [-0.3, -0.25) is 0 Å². The van der Waals surface area contributed by atoms with Crippen LogP contribution in [0.25, 0.3) is 98.4 Å². The first kappa shape index (κ1) is 28.2. The first-order valence-corrected chi connectivity index (χ1v) is 17.6. The zero-order chi connectivity index (χ0) is 33.5. The fourth-order valence-corrected chi connectivity index (χ4v) is 8.66. The van der Waals surface area contributed by atoms with Crippen molar-refractivity contribution in [3.63, 3.8) is 0 Å². The molecule has 11 rings (SSSR count). The molecular formula is C50H30O. The highest BCUT2D eigenvalue weighted by atomic mass is 16.5. The van der Waals surface area contributed by atoms with Gasteiger partial charge in [0.15, 0.2) is 0 Å². The Morgan fingerprint density at radius 2 is 0.824 bits per heavy atom. The van der Waals surface area contributed by atoms with Gasteiger partial charge in [-0.05, 0) is 112 Å². The molecule has 0 saturated carbocycles. The Kier molecular flexibility index (Phi) is 6.02. The van der Waals surface area contributed by atoms with E-state index < -0.39 is 0 Å². The summed E-state index contributed by atoms with van der Waals surface area (Å²) in [7, 11) is 0. The zero-order valence-corrected chi connectivity index (χ0v) is 27.7. The second-order valence-electron chi connectivity index (χ2n) is 13.6. The van der Waals surface area contributed by atoms with E-state index >= 15 is 0 Å². The molecule has 10 aromatic carbocycles. The van der Waals surface area contributed by atoms with Crippen LogP contribution >= 0.6 is 0 Å². The summed E-state index contributed by atoms with van der Waals surface area (Å²) in [5.41, 5.74) is 9.77. The fraction of sp³-hybridized carbons (Fsp3) is 0. The molecular weight excluding hydrogens is 617 g/mol. The van der Waals surface area contributed by atoms with Crippen molar-refractivity contribution >= 4 is 53.9 Å². The predicted octanol–water partition coefficient (Wildman–Crippen LogP) is 14.2. The van der Waals surface area contributed by atoms with Crippen molar-refractivity contribution in [2.45, 2.75) is 0 Å². The van der Waals surface area contributed by atoms with Crippen LogP contribution in [-0.4, -0.2) is 0 Å². The van der Waals surface area contributed by atoms with Crippen molar-refractivity contribution < 1.29 is 4.74 Å². The summed E-state index contributed by atoms with van der Waals surface area (Å²) >= 11 is 0. The van der Waals surface area contributed by atoms with Crippen molar-refractivity contribution in [2.24, 2.45) is 0 Å². The number of ether oxygens (including phenoxy) is 1. The van der Waals surface area contributed by atoms with E-state index in [-0.39, 0.29) is 0 Å². The summed E-state index contributed by atoms with van der Waals surface area (Å²) in [5.74, 6) is 1.82. The van der Waals surface area contributed by atoms with Crippen molar-refractivity contribution in [3.05, 3.63) is 182 Å². The largest absolute Gasteiger partial charge is 0.456 e. The smallest absolute Gasteiger partial charge is 0.135 e. The lowest BCUT2D eigenvalue weighted by Gasteiger charge is -2.22. The number of rotatable bonds is 3. The first-order valence-electron chi connectivity index (χ1n) is 17.6. The summed E-state index contributed by atoms with van der Waals surface area (Å²) in [5, 5.41) is 12.5. The Morgan fingerprint density at radius 1 is 0.275 bits per heavy atom. The molecule has 51 heavy (non-hydrogen) atoms. The van der Waals surface area contributed by atoms with Crippen LogP contribution < -0.4 is 4.74 Å². The Labute approximate surface area is 295 Å². The van der Waals surface area contributed by atoms with Crippen LogP contribution in [-0.2, 0) is 0 Å². The molecule has 1 heterocycles. The summed E-state index contributed by atoms with van der Waals surface area (Å²) in [6, 6.07) is 66.3. The lowest BCUT2D eigenvalue weighted by Crippen LogP contribution is -1.97. The van der Waals surface area contributed by atoms with Crippen LogP contribution in [0.2, 0.25) is 0 Å². The lowest BCUT2D eigenvalue weighted by molar-refractivity contribution is 0.487. The number of fused-ring (bicyclic) bond motifs is 7. The van der Waals surface area contributed by atoms with Gasteiger partial charge in [0.1, 0.15) is 11.5 Å². The molecule has 0 bridgehead atoms. The summed E-state index contributed by atoms with van der Waals surface area (Å²) in [6.07, 6.45) is 0. The highest BCUT2D eigenvalue weighted by Gasteiger charge is 2.22. The number of hydrogen-bond donors (Lipinski definition) is 0. The zero-order valence-electron chi connectivity index (χ0n) is 27.7. The average Bonchev–Trinajstić information content (AvgIpc) is 3.20. The third-order valence-corrected chi connectivity index (χ3v) is 10.8. The normalized spacial score (nSPS) is 12.1. The molecule has 236 valence electrons. The van der Waals surface area contributed by atoms with Gasteiger partial charge in [-0.2, -0.15) is 0 Å². The average molecular weight is 647 g/mol. The van der Waals surface area contributed by atoms with Crippen LogP contribution in [0.1, 0.15) is 0 Å². The summed E-state index contributed by atoms with van der Waals surface area (Å²) in [6.45, 7) is 0. The quantitative estimate of drug-likeness (QED) is 0.137. The minimum absolute atomic E-state index is 0.908. The first-order chi connectivity index (χ1) is 25.3. The molecule has 10 aromatic rings. The SMILES string of the molecule is c1cc(-c2c3ccccc3c(-c3cc4ccccc4c4ccccc34)c3ccccc23)cc(-c2ccc3c4c(cccc24)Oc2ccccc2-3)c1. The second-order valence-corrected chi connectivity index (χ2v) is 13.6. The molecule has 0 radical (unpaired) electrons. The number of para-hydroxylation sites is 1. The Bertz CT molecular complexity index is 3000. The van der Waals surface area contributed by atoms with Crippen molar-refractivity contribution in [3.8, 4) is 56.0 Å². The van der Waals surface area contributed by atoms with Gasteiger partial charge in [-0.25, -0.2) is 0 Å². The van der Waals surface area contributed by atoms with Crippen LogP contribution in [0.15, 0.2) is 182 Å². The van der Waals surface area contributed by atoms with Gasteiger partial charge in [0.05, 0.1) is 0 Å². The fourth-order valence-electron chi connectivity index (χ4n) is 8.66. The van der Waals surface area contributed by atoms with Crippen LogP contribution in [0.4, 0.5) is 0 Å². The van der Waals surface area contributed by atoms with Crippen molar-refractivity contribution in [1.82, 2.24) is 0 Å². The number of hydrogen-bond acceptors (Lipinski definition) is 1. The van der Waals surface area contributed by atoms with E-state index in [4.69, 9.17) is 4.74 Å². The summed E-state index contributed by atoms with van der Waals surface area (Å²) in [4.78, 5) is 0. The number of benzene rings is 10. The van der Waals surface area contributed by atoms with Gasteiger partial charge >= 0.3 is 0 Å². The molecule has 0 saturated heterocycles. The van der Waals surface area contributed by atoms with Crippen LogP contribution in [0.3, 0.4) is 0 Å². The Hall–Kier alpha value is -6.70. The van der Waals surface area contributed by atoms with Crippen molar-refractivity contribution in [1.29, 1.82) is 0 Å². The molecule has 0 unspecified atom stereocenters. The molecule has 1 aliphatic rings. The maximum absolute atomic E-state index is 6.43. The Balaban J connectivity index is 1.17. The lowest BCUT2D eigenvalue weighted by atomic mass is 9.83. The molecule has 0 aliphatic carbocycles. The predicted molar refractivity (Wildman–Crippen MR) is 216 cm³/mol. The molecule has 0 N–H and O–H groups in total. The third kappa shape index (κ3) is 4.16. The third-order valence-electron chi connectivity index (χ3n) is 10.8. The minimum atomic E-state index is 0.908. The molecule has 1 aliphatic heterocycles. The summed E-state index contributed by atoms with van der Waals surface area (Å²) < 4.78 is 6.43. The topological polar surface area (TPSA) is 9.23 Å². The van der Waals surface area contributed by atoms with Gasteiger partial charge in [-0.15, -0.1) is 0 Å². The maximum atomic E-state index is 6.43. The Morgan fingerprint density at radius 3 is 1.61 bits per heavy atom. The van der Waals surface area contributed by atoms with E-state index in [1.54, 1.807) is 0 Å². The molecule has 1 nitrogen and oxygen atoms in total. The van der Waals surface area contributed by atoms with Gasteiger partial charge in [0.2, 0.25) is 0 Å². The van der Waals surface area contributed by atoms with E-state index in [0.717, 1.165) is 17.1 Å². The highest BCUT2D eigenvalue weighted by Crippen LogP contribution is 2.50. The molecule has 0 fully saturated rings. The molecule has 0 amide bonds. The van der Waals surface area contributed by atoms with Crippen molar-refractivity contribution in [2.75, 3.05) is 0 Å². The van der Waals surface area contributed by atoms with E-state index in [9.17, 15) is 0 Å². The maximum Gasteiger partial charge on any atom is 0.135 e. The van der Waals surface area contributed by atoms with E-state index in [0.29, 0.717) is 0 Å². The van der Waals surface area contributed by atoms with Gasteiger partial charge in [0, 0.05) is 10.9 Å². The highest BCUT2D eigenvalue weighted by molar-refractivity contribution is 6.26. The van der Waals surface area contributed by atoms with E-state index in [1.165, 1.54) is 92.8 Å². The molecule has 0 aromatic heterocycles. The standard InChI is InChI=1S/C50H30O/c1-2-16-34-32(13-1)30-45(37-18-4-3-17-36(34)37)49-42-22-7-5-20-40(42)48(41-21-6-8-23-43(41)49)33-15-11-14-31(29-33)35-27-28-44-38-19-9-10-25-46(38)51-47-26-12-24-39(35)50(44)47/h1-30H. The van der Waals surface area contributed by atoms with Gasteiger partial charge < -0.3 is 4.74 Å². The van der Waals surface area contributed by atoms with Crippen LogP contribution in [0.5, 0.6) is 11.5 Å².